The molecule has 3 rings (SSSR count). The van der Waals surface area contributed by atoms with E-state index in [-0.39, 0.29) is 6.10 Å². The third-order valence-electron chi connectivity index (χ3n) is 4.52. The fraction of sp³-hybridized carbons (Fsp3) is 0.333. The van der Waals surface area contributed by atoms with Crippen LogP contribution in [0.2, 0.25) is 0 Å². The summed E-state index contributed by atoms with van der Waals surface area (Å²) in [4.78, 5) is 12.3. The van der Waals surface area contributed by atoms with Gasteiger partial charge in [-0.1, -0.05) is 42.5 Å². The number of ether oxygens (including phenoxy) is 1. The molecule has 0 bridgehead atoms. The van der Waals surface area contributed by atoms with Gasteiger partial charge in [0.2, 0.25) is 0 Å². The number of nitrogens with zero attached hydrogens (tertiary/aromatic N) is 2. The highest BCUT2D eigenvalue weighted by Crippen LogP contribution is 2.20. The van der Waals surface area contributed by atoms with Gasteiger partial charge in [-0.3, -0.25) is 0 Å². The molecular formula is C24H31N5O2. The zero-order valence-corrected chi connectivity index (χ0v) is 18.3. The molecule has 0 saturated heterocycles. The molecule has 0 radical (unpaired) electrons. The Hall–Kier alpha value is -3.32. The molecule has 1 unspecified atom stereocenters. The van der Waals surface area contributed by atoms with Crippen molar-refractivity contribution in [1.29, 1.82) is 0 Å². The Morgan fingerprint density at radius 1 is 1.13 bits per heavy atom. The molecule has 4 N–H and O–H groups in total. The van der Waals surface area contributed by atoms with Crippen LogP contribution in [0.4, 0.5) is 0 Å². The van der Waals surface area contributed by atoms with E-state index in [1.165, 1.54) is 0 Å². The van der Waals surface area contributed by atoms with Crippen LogP contribution >= 0.6 is 0 Å². The smallest absolute Gasteiger partial charge is 0.191 e. The molecule has 31 heavy (non-hydrogen) atoms. The van der Waals surface area contributed by atoms with Crippen molar-refractivity contribution >= 4 is 5.96 Å². The molecule has 0 amide bonds. The highest BCUT2D eigenvalue weighted by atomic mass is 16.5. The van der Waals surface area contributed by atoms with Gasteiger partial charge in [0.25, 0.3) is 0 Å². The minimum atomic E-state index is -0.687. The van der Waals surface area contributed by atoms with Crippen LogP contribution in [0.15, 0.2) is 65.8 Å². The molecule has 164 valence electrons. The lowest BCUT2D eigenvalue weighted by molar-refractivity contribution is 0.179. The number of aliphatic hydroxyl groups excluding tert-OH is 1. The fourth-order valence-electron chi connectivity index (χ4n) is 3.08. The Balaban J connectivity index is 1.59. The number of guanidine groups is 1. The molecule has 0 aliphatic rings. The number of aromatic amines is 1. The maximum absolute atomic E-state index is 10.6. The minimum Gasteiger partial charge on any atom is -0.491 e. The van der Waals surface area contributed by atoms with Crippen LogP contribution in [-0.2, 0) is 6.54 Å². The van der Waals surface area contributed by atoms with E-state index in [2.05, 4.69) is 25.6 Å². The lowest BCUT2D eigenvalue weighted by Gasteiger charge is -2.17. The Morgan fingerprint density at radius 3 is 2.68 bits per heavy atom. The summed E-state index contributed by atoms with van der Waals surface area (Å²) in [5.74, 6) is 2.14. The molecule has 0 saturated carbocycles. The van der Waals surface area contributed by atoms with Crippen molar-refractivity contribution < 1.29 is 9.84 Å². The van der Waals surface area contributed by atoms with E-state index in [4.69, 9.17) is 4.74 Å². The number of aliphatic imine (C=N–C) groups is 1. The summed E-state index contributed by atoms with van der Waals surface area (Å²) in [5.41, 5.74) is 2.84. The number of hydrogen-bond donors (Lipinski definition) is 4. The number of nitrogens with one attached hydrogen (secondary N) is 3. The predicted molar refractivity (Wildman–Crippen MR) is 124 cm³/mol. The van der Waals surface area contributed by atoms with Gasteiger partial charge < -0.3 is 25.5 Å². The Labute approximate surface area is 183 Å². The lowest BCUT2D eigenvalue weighted by Crippen LogP contribution is -2.39. The summed E-state index contributed by atoms with van der Waals surface area (Å²) < 4.78 is 5.71. The maximum atomic E-state index is 10.6. The summed E-state index contributed by atoms with van der Waals surface area (Å²) in [6, 6.07) is 17.6. The van der Waals surface area contributed by atoms with Gasteiger partial charge in [-0.05, 0) is 44.0 Å². The van der Waals surface area contributed by atoms with Crippen LogP contribution in [0.3, 0.4) is 0 Å². The van der Waals surface area contributed by atoms with Crippen LogP contribution in [0.5, 0.6) is 5.75 Å². The number of aromatic nitrogens is 2. The molecule has 1 aromatic heterocycles. The summed E-state index contributed by atoms with van der Waals surface area (Å²) >= 11 is 0. The van der Waals surface area contributed by atoms with Gasteiger partial charge in [-0.15, -0.1) is 0 Å². The van der Waals surface area contributed by atoms with Crippen molar-refractivity contribution in [2.45, 2.75) is 39.5 Å². The zero-order valence-electron chi connectivity index (χ0n) is 18.3. The summed E-state index contributed by atoms with van der Waals surface area (Å²) in [7, 11) is 0. The summed E-state index contributed by atoms with van der Waals surface area (Å²) in [5, 5.41) is 17.0. The van der Waals surface area contributed by atoms with Crippen molar-refractivity contribution in [3.05, 3.63) is 72.2 Å². The van der Waals surface area contributed by atoms with Crippen LogP contribution in [0.25, 0.3) is 11.3 Å². The Bertz CT molecular complexity index is 969. The third-order valence-corrected chi connectivity index (χ3v) is 4.52. The molecule has 1 heterocycles. The van der Waals surface area contributed by atoms with Crippen LogP contribution in [0.1, 0.15) is 38.3 Å². The highest BCUT2D eigenvalue weighted by molar-refractivity contribution is 5.79. The molecule has 3 aromatic rings. The van der Waals surface area contributed by atoms with Gasteiger partial charge in [-0.2, -0.15) is 0 Å². The van der Waals surface area contributed by atoms with Gasteiger partial charge in [0.05, 0.1) is 24.1 Å². The number of rotatable bonds is 9. The average molecular weight is 422 g/mol. The molecule has 7 nitrogen and oxygen atoms in total. The van der Waals surface area contributed by atoms with Gasteiger partial charge in [0.1, 0.15) is 18.1 Å². The fourth-order valence-corrected chi connectivity index (χ4v) is 3.08. The predicted octanol–water partition coefficient (Wildman–Crippen LogP) is 3.65. The Morgan fingerprint density at radius 2 is 1.94 bits per heavy atom. The average Bonchev–Trinajstić information content (AvgIpc) is 3.25. The number of hydrogen-bond acceptors (Lipinski definition) is 4. The first-order valence-electron chi connectivity index (χ1n) is 10.6. The van der Waals surface area contributed by atoms with E-state index < -0.39 is 6.10 Å². The van der Waals surface area contributed by atoms with Gasteiger partial charge in [0.15, 0.2) is 5.96 Å². The van der Waals surface area contributed by atoms with Crippen LogP contribution in [0, 0.1) is 0 Å². The first-order valence-corrected chi connectivity index (χ1v) is 10.6. The van der Waals surface area contributed by atoms with Crippen molar-refractivity contribution in [3.8, 4) is 17.0 Å². The summed E-state index contributed by atoms with van der Waals surface area (Å²) in [6.07, 6.45) is 1.21. The molecule has 1 atom stereocenters. The number of benzene rings is 2. The van der Waals surface area contributed by atoms with Crippen molar-refractivity contribution in [1.82, 2.24) is 20.6 Å². The molecule has 0 aliphatic heterocycles. The summed E-state index contributed by atoms with van der Waals surface area (Å²) in [6.45, 7) is 7.39. The van der Waals surface area contributed by atoms with Gasteiger partial charge >= 0.3 is 0 Å². The second-order valence-electron chi connectivity index (χ2n) is 7.44. The molecular weight excluding hydrogens is 390 g/mol. The zero-order chi connectivity index (χ0) is 22.1. The number of aliphatic hydroxyl groups is 1. The van der Waals surface area contributed by atoms with Gasteiger partial charge in [0, 0.05) is 13.1 Å². The second kappa shape index (κ2) is 11.2. The molecule has 0 aliphatic carbocycles. The lowest BCUT2D eigenvalue weighted by atomic mass is 10.1. The number of imidazole rings is 1. The topological polar surface area (TPSA) is 94.6 Å². The molecule has 0 spiro atoms. The van der Waals surface area contributed by atoms with E-state index in [1.807, 2.05) is 81.6 Å². The first-order chi connectivity index (χ1) is 15.0. The monoisotopic (exact) mass is 421 g/mol. The molecule has 7 heteroatoms. The SMILES string of the molecule is CCNC(=NCc1ncc(-c2ccccc2)[nH]1)NCC(O)c1cccc(OC(C)C)c1. The van der Waals surface area contributed by atoms with E-state index in [0.29, 0.717) is 25.6 Å². The largest absolute Gasteiger partial charge is 0.491 e. The van der Waals surface area contributed by atoms with Crippen LogP contribution in [-0.4, -0.2) is 40.2 Å². The van der Waals surface area contributed by atoms with Crippen molar-refractivity contribution in [2.75, 3.05) is 13.1 Å². The first kappa shape index (κ1) is 22.4. The highest BCUT2D eigenvalue weighted by Gasteiger charge is 2.10. The van der Waals surface area contributed by atoms with E-state index >= 15 is 0 Å². The van der Waals surface area contributed by atoms with E-state index in [0.717, 1.165) is 28.4 Å². The molecule has 0 fully saturated rings. The Kier molecular flexibility index (Phi) is 8.06. The van der Waals surface area contributed by atoms with Gasteiger partial charge in [-0.25, -0.2) is 9.98 Å². The van der Waals surface area contributed by atoms with Crippen molar-refractivity contribution in [3.63, 3.8) is 0 Å². The quantitative estimate of drug-likeness (QED) is 0.313. The minimum absolute atomic E-state index is 0.0852. The second-order valence-corrected chi connectivity index (χ2v) is 7.44. The van der Waals surface area contributed by atoms with Crippen molar-refractivity contribution in [2.24, 2.45) is 4.99 Å². The normalized spacial score (nSPS) is 12.6. The maximum Gasteiger partial charge on any atom is 0.191 e. The standard InChI is InChI=1S/C24H31N5O2/c1-4-25-24(27-15-22(30)19-11-8-12-20(13-19)31-17(2)3)28-16-23-26-14-21(29-23)18-9-6-5-7-10-18/h5-14,17,22,30H,4,15-16H2,1-3H3,(H,26,29)(H2,25,27,28). The van der Waals surface area contributed by atoms with E-state index in [9.17, 15) is 5.11 Å². The van der Waals surface area contributed by atoms with Crippen LogP contribution < -0.4 is 15.4 Å². The third kappa shape index (κ3) is 6.86. The van der Waals surface area contributed by atoms with E-state index in [1.54, 1.807) is 0 Å². The molecule has 2 aromatic carbocycles. The number of H-pyrrole nitrogens is 1.